The van der Waals surface area contributed by atoms with Gasteiger partial charge in [0.05, 0.1) is 7.11 Å². The molecule has 2 aromatic carbocycles. The van der Waals surface area contributed by atoms with Gasteiger partial charge in [-0.3, -0.25) is 9.69 Å². The Labute approximate surface area is 162 Å². The van der Waals surface area contributed by atoms with E-state index >= 15 is 0 Å². The average Bonchev–Trinajstić information content (AvgIpc) is 2.72. The molecule has 4 heteroatoms. The molecule has 1 fully saturated rings. The number of hydrogen-bond donors (Lipinski definition) is 1. The van der Waals surface area contributed by atoms with Crippen molar-refractivity contribution in [2.24, 2.45) is 5.92 Å². The lowest BCUT2D eigenvalue weighted by atomic mass is 9.95. The highest BCUT2D eigenvalue weighted by molar-refractivity contribution is 5.78. The van der Waals surface area contributed by atoms with E-state index in [-0.39, 0.29) is 11.8 Å². The minimum Gasteiger partial charge on any atom is -0.496 e. The first kappa shape index (κ1) is 19.4. The minimum absolute atomic E-state index is 0.156. The van der Waals surface area contributed by atoms with Gasteiger partial charge in [-0.15, -0.1) is 0 Å². The molecule has 0 unspecified atom stereocenters. The highest BCUT2D eigenvalue weighted by atomic mass is 16.5. The van der Waals surface area contributed by atoms with Gasteiger partial charge in [-0.05, 0) is 56.0 Å². The standard InChI is InChI=1S/C23H30N2O2/c1-27-22-12-6-5-10-20(22)11-7-15-24-23(26)21-13-16-25(17-14-21)18-19-8-3-2-4-9-19/h2-6,8-10,12,21H,7,11,13-18H2,1H3,(H,24,26). The summed E-state index contributed by atoms with van der Waals surface area (Å²) in [7, 11) is 1.70. The summed E-state index contributed by atoms with van der Waals surface area (Å²) in [5, 5.41) is 3.13. The molecule has 27 heavy (non-hydrogen) atoms. The molecule has 0 atom stereocenters. The van der Waals surface area contributed by atoms with E-state index in [1.807, 2.05) is 24.3 Å². The Morgan fingerprint density at radius 2 is 1.78 bits per heavy atom. The summed E-state index contributed by atoms with van der Waals surface area (Å²) in [6, 6.07) is 18.6. The van der Waals surface area contributed by atoms with Gasteiger partial charge in [0.1, 0.15) is 5.75 Å². The number of ether oxygens (including phenoxy) is 1. The first-order chi connectivity index (χ1) is 13.3. The van der Waals surface area contributed by atoms with Crippen LogP contribution < -0.4 is 10.1 Å². The number of nitrogens with zero attached hydrogens (tertiary/aromatic N) is 1. The van der Waals surface area contributed by atoms with Crippen LogP contribution in [0.15, 0.2) is 54.6 Å². The fraction of sp³-hybridized carbons (Fsp3) is 0.435. The fourth-order valence-electron chi connectivity index (χ4n) is 3.74. The van der Waals surface area contributed by atoms with Crippen molar-refractivity contribution in [2.75, 3.05) is 26.7 Å². The number of para-hydroxylation sites is 1. The van der Waals surface area contributed by atoms with E-state index in [9.17, 15) is 4.79 Å². The predicted octanol–water partition coefficient (Wildman–Crippen LogP) is 3.66. The summed E-state index contributed by atoms with van der Waals surface area (Å²) in [5.41, 5.74) is 2.54. The lowest BCUT2D eigenvalue weighted by Crippen LogP contribution is -2.40. The third-order valence-corrected chi connectivity index (χ3v) is 5.32. The summed E-state index contributed by atoms with van der Waals surface area (Å²) in [6.45, 7) is 3.69. The molecule has 144 valence electrons. The van der Waals surface area contributed by atoms with Crippen molar-refractivity contribution in [3.63, 3.8) is 0 Å². The van der Waals surface area contributed by atoms with E-state index in [4.69, 9.17) is 4.74 Å². The van der Waals surface area contributed by atoms with Crippen molar-refractivity contribution in [3.05, 3.63) is 65.7 Å². The molecule has 0 bridgehead atoms. The lowest BCUT2D eigenvalue weighted by Gasteiger charge is -2.31. The second-order valence-electron chi connectivity index (χ2n) is 7.24. The smallest absolute Gasteiger partial charge is 0.223 e. The van der Waals surface area contributed by atoms with E-state index in [2.05, 4.69) is 40.5 Å². The first-order valence-electron chi connectivity index (χ1n) is 9.92. The Hall–Kier alpha value is -2.33. The zero-order chi connectivity index (χ0) is 18.9. The lowest BCUT2D eigenvalue weighted by molar-refractivity contribution is -0.126. The van der Waals surface area contributed by atoms with E-state index in [1.54, 1.807) is 7.11 Å². The largest absolute Gasteiger partial charge is 0.496 e. The summed E-state index contributed by atoms with van der Waals surface area (Å²) in [6.07, 6.45) is 3.75. The van der Waals surface area contributed by atoms with Crippen LogP contribution in [0, 0.1) is 5.92 Å². The molecule has 0 saturated carbocycles. The van der Waals surface area contributed by atoms with Gasteiger partial charge in [0.15, 0.2) is 0 Å². The number of carbonyl (C=O) groups is 1. The first-order valence-corrected chi connectivity index (χ1v) is 9.92. The third kappa shape index (κ3) is 5.83. The van der Waals surface area contributed by atoms with Gasteiger partial charge in [0.2, 0.25) is 5.91 Å². The summed E-state index contributed by atoms with van der Waals surface area (Å²) < 4.78 is 5.38. The van der Waals surface area contributed by atoms with Crippen LogP contribution in [0.2, 0.25) is 0 Å². The number of methoxy groups -OCH3 is 1. The monoisotopic (exact) mass is 366 g/mol. The Morgan fingerprint density at radius 1 is 1.07 bits per heavy atom. The van der Waals surface area contributed by atoms with Crippen LogP contribution >= 0.6 is 0 Å². The maximum atomic E-state index is 12.4. The molecule has 1 heterocycles. The van der Waals surface area contributed by atoms with E-state index in [1.165, 1.54) is 11.1 Å². The van der Waals surface area contributed by atoms with Crippen molar-refractivity contribution >= 4 is 5.91 Å². The number of aryl methyl sites for hydroxylation is 1. The quantitative estimate of drug-likeness (QED) is 0.725. The van der Waals surface area contributed by atoms with Gasteiger partial charge in [-0.25, -0.2) is 0 Å². The number of piperidine rings is 1. The van der Waals surface area contributed by atoms with Gasteiger partial charge < -0.3 is 10.1 Å². The van der Waals surface area contributed by atoms with Gasteiger partial charge in [0.25, 0.3) is 0 Å². The number of rotatable bonds is 8. The number of likely N-dealkylation sites (tertiary alicyclic amines) is 1. The number of benzene rings is 2. The molecule has 1 N–H and O–H groups in total. The zero-order valence-corrected chi connectivity index (χ0v) is 16.2. The van der Waals surface area contributed by atoms with Crippen LogP contribution in [0.1, 0.15) is 30.4 Å². The maximum absolute atomic E-state index is 12.4. The van der Waals surface area contributed by atoms with Crippen molar-refractivity contribution in [2.45, 2.75) is 32.2 Å². The molecule has 1 aliphatic rings. The van der Waals surface area contributed by atoms with Crippen LogP contribution in [0.4, 0.5) is 0 Å². The van der Waals surface area contributed by atoms with Crippen LogP contribution in [0.3, 0.4) is 0 Å². The molecule has 0 radical (unpaired) electrons. The van der Waals surface area contributed by atoms with Gasteiger partial charge in [0, 0.05) is 19.0 Å². The zero-order valence-electron chi connectivity index (χ0n) is 16.2. The molecular weight excluding hydrogens is 336 g/mol. The van der Waals surface area contributed by atoms with Crippen LogP contribution in [0.25, 0.3) is 0 Å². The van der Waals surface area contributed by atoms with Crippen LogP contribution in [-0.4, -0.2) is 37.6 Å². The Balaban J connectivity index is 1.35. The number of carbonyl (C=O) groups excluding carboxylic acids is 1. The molecular formula is C23H30N2O2. The third-order valence-electron chi connectivity index (χ3n) is 5.32. The van der Waals surface area contributed by atoms with Crippen molar-refractivity contribution in [1.29, 1.82) is 0 Å². The molecule has 2 aromatic rings. The number of hydrogen-bond acceptors (Lipinski definition) is 3. The minimum atomic E-state index is 0.156. The van der Waals surface area contributed by atoms with Crippen LogP contribution in [-0.2, 0) is 17.8 Å². The summed E-state index contributed by atoms with van der Waals surface area (Å²) >= 11 is 0. The Bertz CT molecular complexity index is 709. The normalized spacial score (nSPS) is 15.4. The van der Waals surface area contributed by atoms with Crippen LogP contribution in [0.5, 0.6) is 5.75 Å². The number of amides is 1. The van der Waals surface area contributed by atoms with Gasteiger partial charge in [-0.1, -0.05) is 48.5 Å². The van der Waals surface area contributed by atoms with Crippen molar-refractivity contribution < 1.29 is 9.53 Å². The molecule has 1 aliphatic heterocycles. The van der Waals surface area contributed by atoms with Crippen molar-refractivity contribution in [1.82, 2.24) is 10.2 Å². The fourth-order valence-corrected chi connectivity index (χ4v) is 3.74. The molecule has 0 aliphatic carbocycles. The second kappa shape index (κ2) is 10.1. The van der Waals surface area contributed by atoms with E-state index in [0.29, 0.717) is 0 Å². The average molecular weight is 367 g/mol. The number of nitrogens with one attached hydrogen (secondary N) is 1. The highest BCUT2D eigenvalue weighted by Gasteiger charge is 2.24. The maximum Gasteiger partial charge on any atom is 0.223 e. The summed E-state index contributed by atoms with van der Waals surface area (Å²) in [5.74, 6) is 1.30. The highest BCUT2D eigenvalue weighted by Crippen LogP contribution is 2.20. The molecule has 1 saturated heterocycles. The van der Waals surface area contributed by atoms with Gasteiger partial charge >= 0.3 is 0 Å². The molecule has 0 spiro atoms. The molecule has 4 nitrogen and oxygen atoms in total. The SMILES string of the molecule is COc1ccccc1CCCNC(=O)C1CCN(Cc2ccccc2)CC1. The predicted molar refractivity (Wildman–Crippen MR) is 109 cm³/mol. The van der Waals surface area contributed by atoms with E-state index < -0.39 is 0 Å². The van der Waals surface area contributed by atoms with Crippen molar-refractivity contribution in [3.8, 4) is 5.75 Å². The Morgan fingerprint density at radius 3 is 2.52 bits per heavy atom. The second-order valence-corrected chi connectivity index (χ2v) is 7.24. The molecule has 1 amide bonds. The molecule has 0 aromatic heterocycles. The van der Waals surface area contributed by atoms with Gasteiger partial charge in [-0.2, -0.15) is 0 Å². The molecule has 3 rings (SSSR count). The Kier molecular flexibility index (Phi) is 7.28. The topological polar surface area (TPSA) is 41.6 Å². The van der Waals surface area contributed by atoms with E-state index in [0.717, 1.165) is 57.6 Å². The summed E-state index contributed by atoms with van der Waals surface area (Å²) in [4.78, 5) is 14.9.